The predicted octanol–water partition coefficient (Wildman–Crippen LogP) is 5.50. The molecule has 2 aromatic heterocycles. The highest BCUT2D eigenvalue weighted by Gasteiger charge is 2.22. The summed E-state index contributed by atoms with van der Waals surface area (Å²) in [6.45, 7) is 7.80. The van der Waals surface area contributed by atoms with Gasteiger partial charge in [-0.1, -0.05) is 49.7 Å². The van der Waals surface area contributed by atoms with Gasteiger partial charge >= 0.3 is 0 Å². The van der Waals surface area contributed by atoms with E-state index < -0.39 is 0 Å². The van der Waals surface area contributed by atoms with E-state index in [0.29, 0.717) is 32.0 Å². The van der Waals surface area contributed by atoms with E-state index in [-0.39, 0.29) is 17.2 Å². The Hall–Kier alpha value is -2.64. The number of aryl methyl sites for hydroxylation is 1. The standard InChI is InChI=1S/C20H20ClN3O3S/c1-11-9-16(23-18(25)12-7-5-6-8-13(12)21)28-17(11)19(26)22-15-10-14(27-24-15)20(2,3)4/h5-10H,1-4H3,(H,23,25)(H,22,24,26). The van der Waals surface area contributed by atoms with Gasteiger partial charge in [0.15, 0.2) is 5.82 Å². The molecular weight excluding hydrogens is 398 g/mol. The first-order chi connectivity index (χ1) is 13.1. The first kappa shape index (κ1) is 20.1. The fourth-order valence-corrected chi connectivity index (χ4v) is 3.64. The number of nitrogens with zero attached hydrogens (tertiary/aromatic N) is 1. The highest BCUT2D eigenvalue weighted by molar-refractivity contribution is 7.18. The number of hydrogen-bond acceptors (Lipinski definition) is 5. The van der Waals surface area contributed by atoms with Gasteiger partial charge < -0.3 is 15.2 Å². The SMILES string of the molecule is Cc1cc(NC(=O)c2ccccc2Cl)sc1C(=O)Nc1cc(C(C)(C)C)on1. The number of aromatic nitrogens is 1. The summed E-state index contributed by atoms with van der Waals surface area (Å²) < 4.78 is 5.28. The van der Waals surface area contributed by atoms with Gasteiger partial charge in [0.25, 0.3) is 11.8 Å². The van der Waals surface area contributed by atoms with Crippen molar-refractivity contribution >= 4 is 45.6 Å². The van der Waals surface area contributed by atoms with Gasteiger partial charge in [0.1, 0.15) is 5.76 Å². The molecule has 0 spiro atoms. The molecule has 2 amide bonds. The van der Waals surface area contributed by atoms with E-state index in [9.17, 15) is 9.59 Å². The van der Waals surface area contributed by atoms with E-state index in [1.165, 1.54) is 11.3 Å². The lowest BCUT2D eigenvalue weighted by Crippen LogP contribution is -2.12. The molecule has 0 bridgehead atoms. The number of carbonyl (C=O) groups is 2. The Labute approximate surface area is 171 Å². The average molecular weight is 418 g/mol. The summed E-state index contributed by atoms with van der Waals surface area (Å²) in [5.41, 5.74) is 0.917. The van der Waals surface area contributed by atoms with E-state index in [1.807, 2.05) is 20.8 Å². The van der Waals surface area contributed by atoms with E-state index in [4.69, 9.17) is 16.1 Å². The molecule has 0 radical (unpaired) electrons. The van der Waals surface area contributed by atoms with Crippen molar-refractivity contribution in [2.45, 2.75) is 33.1 Å². The van der Waals surface area contributed by atoms with E-state index in [0.717, 1.165) is 5.56 Å². The summed E-state index contributed by atoms with van der Waals surface area (Å²) in [6.07, 6.45) is 0. The molecule has 0 atom stereocenters. The second-order valence-corrected chi connectivity index (χ2v) is 8.80. The second kappa shape index (κ2) is 7.77. The van der Waals surface area contributed by atoms with E-state index in [1.54, 1.807) is 43.3 Å². The first-order valence-corrected chi connectivity index (χ1v) is 9.79. The number of thiophene rings is 1. The Morgan fingerprint density at radius 2 is 1.82 bits per heavy atom. The quantitative estimate of drug-likeness (QED) is 0.587. The second-order valence-electron chi connectivity index (χ2n) is 7.34. The van der Waals surface area contributed by atoms with Crippen LogP contribution in [-0.4, -0.2) is 17.0 Å². The van der Waals surface area contributed by atoms with E-state index >= 15 is 0 Å². The fourth-order valence-electron chi connectivity index (χ4n) is 2.45. The molecule has 28 heavy (non-hydrogen) atoms. The Kier molecular flexibility index (Phi) is 5.58. The zero-order chi connectivity index (χ0) is 20.5. The number of halogens is 1. The van der Waals surface area contributed by atoms with Gasteiger partial charge in [0.05, 0.1) is 20.5 Å². The largest absolute Gasteiger partial charge is 0.359 e. The van der Waals surface area contributed by atoms with Crippen molar-refractivity contribution in [2.24, 2.45) is 0 Å². The molecule has 3 rings (SSSR count). The van der Waals surface area contributed by atoms with Crippen LogP contribution in [0.4, 0.5) is 10.8 Å². The summed E-state index contributed by atoms with van der Waals surface area (Å²) in [7, 11) is 0. The number of benzene rings is 1. The van der Waals surface area contributed by atoms with Crippen LogP contribution >= 0.6 is 22.9 Å². The summed E-state index contributed by atoms with van der Waals surface area (Å²) in [4.78, 5) is 25.5. The smallest absolute Gasteiger partial charge is 0.267 e. The Morgan fingerprint density at radius 3 is 2.46 bits per heavy atom. The average Bonchev–Trinajstić information content (AvgIpc) is 3.21. The minimum atomic E-state index is -0.329. The number of anilines is 2. The maximum absolute atomic E-state index is 12.6. The molecule has 2 N–H and O–H groups in total. The van der Waals surface area contributed by atoms with Crippen molar-refractivity contribution in [3.63, 3.8) is 0 Å². The van der Waals surface area contributed by atoms with Gasteiger partial charge in [0, 0.05) is 11.5 Å². The summed E-state index contributed by atoms with van der Waals surface area (Å²) >= 11 is 7.24. The molecule has 0 saturated carbocycles. The number of rotatable bonds is 4. The van der Waals surface area contributed by atoms with Crippen LogP contribution in [0.5, 0.6) is 0 Å². The summed E-state index contributed by atoms with van der Waals surface area (Å²) in [5, 5.41) is 10.3. The minimum absolute atomic E-state index is 0.203. The normalized spacial score (nSPS) is 11.3. The van der Waals surface area contributed by atoms with Gasteiger partial charge in [0.2, 0.25) is 0 Å². The third-order valence-electron chi connectivity index (χ3n) is 3.97. The topological polar surface area (TPSA) is 84.2 Å². The van der Waals surface area contributed by atoms with Crippen LogP contribution in [0.2, 0.25) is 5.02 Å². The Bertz CT molecular complexity index is 1030. The highest BCUT2D eigenvalue weighted by atomic mass is 35.5. The van der Waals surface area contributed by atoms with Crippen LogP contribution in [0.15, 0.2) is 40.9 Å². The molecule has 8 heteroatoms. The number of nitrogens with one attached hydrogen (secondary N) is 2. The maximum atomic E-state index is 12.6. The van der Waals surface area contributed by atoms with Crippen LogP contribution in [0.3, 0.4) is 0 Å². The Morgan fingerprint density at radius 1 is 1.11 bits per heavy atom. The molecule has 0 saturated heterocycles. The maximum Gasteiger partial charge on any atom is 0.267 e. The van der Waals surface area contributed by atoms with Gasteiger partial charge in [-0.05, 0) is 30.7 Å². The molecule has 0 unspecified atom stereocenters. The van der Waals surface area contributed by atoms with E-state index in [2.05, 4.69) is 15.8 Å². The Balaban J connectivity index is 1.73. The zero-order valence-corrected chi connectivity index (χ0v) is 17.5. The van der Waals surface area contributed by atoms with Crippen molar-refractivity contribution < 1.29 is 14.1 Å². The molecule has 3 aromatic rings. The minimum Gasteiger partial charge on any atom is -0.359 e. The molecule has 0 aliphatic heterocycles. The molecule has 0 fully saturated rings. The lowest BCUT2D eigenvalue weighted by Gasteiger charge is -2.11. The third kappa shape index (κ3) is 4.43. The monoisotopic (exact) mass is 417 g/mol. The van der Waals surface area contributed by atoms with Crippen molar-refractivity contribution in [3.05, 3.63) is 63.2 Å². The van der Waals surface area contributed by atoms with Crippen molar-refractivity contribution in [3.8, 4) is 0 Å². The van der Waals surface area contributed by atoms with Gasteiger partial charge in [-0.3, -0.25) is 9.59 Å². The predicted molar refractivity (Wildman–Crippen MR) is 112 cm³/mol. The van der Waals surface area contributed by atoms with Crippen LogP contribution in [0, 0.1) is 6.92 Å². The lowest BCUT2D eigenvalue weighted by molar-refractivity contribution is 0.101. The molecule has 146 valence electrons. The summed E-state index contributed by atoms with van der Waals surface area (Å²) in [6, 6.07) is 10.2. The van der Waals surface area contributed by atoms with Crippen LogP contribution in [0.25, 0.3) is 0 Å². The van der Waals surface area contributed by atoms with Crippen LogP contribution in [0.1, 0.15) is 52.1 Å². The van der Waals surface area contributed by atoms with Gasteiger partial charge in [-0.2, -0.15) is 0 Å². The molecule has 1 aromatic carbocycles. The molecule has 2 heterocycles. The zero-order valence-electron chi connectivity index (χ0n) is 15.9. The third-order valence-corrected chi connectivity index (χ3v) is 5.45. The molecular formula is C20H20ClN3O3S. The number of hydrogen-bond donors (Lipinski definition) is 2. The molecule has 0 aliphatic rings. The summed E-state index contributed by atoms with van der Waals surface area (Å²) in [5.74, 6) is 0.391. The lowest BCUT2D eigenvalue weighted by atomic mass is 9.93. The van der Waals surface area contributed by atoms with Crippen LogP contribution < -0.4 is 10.6 Å². The molecule has 0 aliphatic carbocycles. The van der Waals surface area contributed by atoms with Gasteiger partial charge in [-0.15, -0.1) is 11.3 Å². The van der Waals surface area contributed by atoms with Crippen LogP contribution in [-0.2, 0) is 5.41 Å². The van der Waals surface area contributed by atoms with Crippen molar-refractivity contribution in [1.29, 1.82) is 0 Å². The highest BCUT2D eigenvalue weighted by Crippen LogP contribution is 2.29. The van der Waals surface area contributed by atoms with Crippen molar-refractivity contribution in [2.75, 3.05) is 10.6 Å². The number of carbonyl (C=O) groups excluding carboxylic acids is 2. The van der Waals surface area contributed by atoms with Crippen molar-refractivity contribution in [1.82, 2.24) is 5.16 Å². The van der Waals surface area contributed by atoms with Gasteiger partial charge in [-0.25, -0.2) is 0 Å². The fraction of sp³-hybridized carbons (Fsp3) is 0.250. The number of amides is 2. The molecule has 6 nitrogen and oxygen atoms in total. The first-order valence-electron chi connectivity index (χ1n) is 8.60.